The van der Waals surface area contributed by atoms with E-state index in [2.05, 4.69) is 22.8 Å². The van der Waals surface area contributed by atoms with Crippen LogP contribution in [0.4, 0.5) is 0 Å². The third-order valence-electron chi connectivity index (χ3n) is 3.26. The molecule has 3 rings (SSSR count). The zero-order valence-corrected chi connectivity index (χ0v) is 11.5. The molecule has 1 heterocycles. The van der Waals surface area contributed by atoms with Gasteiger partial charge in [-0.3, -0.25) is 0 Å². The van der Waals surface area contributed by atoms with Gasteiger partial charge in [0, 0.05) is 4.90 Å². The van der Waals surface area contributed by atoms with Gasteiger partial charge in [0.1, 0.15) is 22.5 Å². The minimum atomic E-state index is 0.214. The molecule has 0 atom stereocenters. The lowest BCUT2D eigenvalue weighted by Gasteiger charge is -2.07. The van der Waals surface area contributed by atoms with Crippen LogP contribution in [0.15, 0.2) is 35.2 Å². The third kappa shape index (κ3) is 1.96. The zero-order chi connectivity index (χ0) is 13.6. The van der Waals surface area contributed by atoms with Crippen molar-refractivity contribution in [3.05, 3.63) is 41.5 Å². The summed E-state index contributed by atoms with van der Waals surface area (Å²) in [6.45, 7) is 3.84. The predicted molar refractivity (Wildman–Crippen MR) is 77.3 cm³/mol. The molecule has 0 spiro atoms. The van der Waals surface area contributed by atoms with E-state index in [0.29, 0.717) is 5.69 Å². The van der Waals surface area contributed by atoms with E-state index in [-0.39, 0.29) is 5.75 Å². The van der Waals surface area contributed by atoms with E-state index in [1.165, 1.54) is 4.80 Å². The number of nitrogens with zero attached hydrogens (tertiary/aromatic N) is 3. The number of aromatic nitrogens is 3. The van der Waals surface area contributed by atoms with E-state index < -0.39 is 0 Å². The lowest BCUT2D eigenvalue weighted by Crippen LogP contribution is -2.00. The van der Waals surface area contributed by atoms with Crippen LogP contribution in [0.1, 0.15) is 11.1 Å². The monoisotopic (exact) mass is 271 g/mol. The highest BCUT2D eigenvalue weighted by Gasteiger charge is 2.11. The van der Waals surface area contributed by atoms with Gasteiger partial charge < -0.3 is 5.11 Å². The number of rotatable bonds is 1. The molecule has 0 amide bonds. The summed E-state index contributed by atoms with van der Waals surface area (Å²) in [6.07, 6.45) is 0. The van der Waals surface area contributed by atoms with Crippen molar-refractivity contribution in [2.45, 2.75) is 18.7 Å². The molecule has 1 aromatic heterocycles. The van der Waals surface area contributed by atoms with Crippen molar-refractivity contribution in [1.29, 1.82) is 0 Å². The van der Waals surface area contributed by atoms with Crippen molar-refractivity contribution in [1.82, 2.24) is 15.0 Å². The van der Waals surface area contributed by atoms with Crippen LogP contribution in [-0.2, 0) is 0 Å². The van der Waals surface area contributed by atoms with Crippen molar-refractivity contribution in [3.8, 4) is 11.4 Å². The van der Waals surface area contributed by atoms with Gasteiger partial charge in [0.05, 0.1) is 0 Å². The minimum Gasteiger partial charge on any atom is -0.505 e. The predicted octanol–water partition coefficient (Wildman–Crippen LogP) is 3.03. The molecule has 0 aliphatic carbocycles. The number of hydrogen-bond donors (Lipinski definition) is 2. The molecule has 5 heteroatoms. The smallest absolute Gasteiger partial charge is 0.146 e. The lowest BCUT2D eigenvalue weighted by atomic mass is 10.1. The first-order valence-corrected chi connectivity index (χ1v) is 6.36. The number of hydrogen-bond acceptors (Lipinski definition) is 4. The van der Waals surface area contributed by atoms with Gasteiger partial charge in [-0.2, -0.15) is 0 Å². The Kier molecular flexibility index (Phi) is 2.71. The van der Waals surface area contributed by atoms with Crippen molar-refractivity contribution in [2.75, 3.05) is 0 Å². The third-order valence-corrected chi connectivity index (χ3v) is 3.54. The Morgan fingerprint density at radius 3 is 2.58 bits per heavy atom. The largest absolute Gasteiger partial charge is 0.505 e. The van der Waals surface area contributed by atoms with Gasteiger partial charge in [-0.1, -0.05) is 6.07 Å². The van der Waals surface area contributed by atoms with Crippen LogP contribution in [-0.4, -0.2) is 20.1 Å². The fraction of sp³-hybridized carbons (Fsp3) is 0.143. The molecule has 0 fully saturated rings. The second-order valence-corrected chi connectivity index (χ2v) is 5.05. The average molecular weight is 271 g/mol. The molecule has 0 radical (unpaired) electrons. The second kappa shape index (κ2) is 4.28. The van der Waals surface area contributed by atoms with Crippen molar-refractivity contribution in [3.63, 3.8) is 0 Å². The highest BCUT2D eigenvalue weighted by atomic mass is 32.1. The summed E-state index contributed by atoms with van der Waals surface area (Å²) in [5.74, 6) is 0.214. The summed E-state index contributed by atoms with van der Waals surface area (Å²) in [7, 11) is 0. The van der Waals surface area contributed by atoms with Gasteiger partial charge in [-0.25, -0.2) is 0 Å². The van der Waals surface area contributed by atoms with Crippen LogP contribution >= 0.6 is 12.6 Å². The molecule has 0 saturated heterocycles. The van der Waals surface area contributed by atoms with Crippen LogP contribution in [0, 0.1) is 13.8 Å². The SMILES string of the molecule is Cc1ccc(-n2nc3ccc(S)cc3n2)c(O)c1C. The Bertz CT molecular complexity index is 780. The standard InChI is InChI=1S/C14H13N3OS/c1-8-3-6-13(14(18)9(8)2)17-15-11-5-4-10(19)7-12(11)16-17/h3-7,18-19H,1-2H3. The Balaban J connectivity index is 2.22. The first-order valence-electron chi connectivity index (χ1n) is 5.92. The van der Waals surface area contributed by atoms with Gasteiger partial charge in [0.25, 0.3) is 0 Å². The zero-order valence-electron chi connectivity index (χ0n) is 10.6. The Morgan fingerprint density at radius 1 is 1.05 bits per heavy atom. The number of fused-ring (bicyclic) bond motifs is 1. The number of benzene rings is 2. The molecule has 1 N–H and O–H groups in total. The van der Waals surface area contributed by atoms with Crippen LogP contribution < -0.4 is 0 Å². The van der Waals surface area contributed by atoms with Crippen LogP contribution in [0.25, 0.3) is 16.7 Å². The van der Waals surface area contributed by atoms with E-state index in [1.54, 1.807) is 0 Å². The van der Waals surface area contributed by atoms with Crippen molar-refractivity contribution >= 4 is 23.7 Å². The van der Waals surface area contributed by atoms with E-state index in [0.717, 1.165) is 27.1 Å². The average Bonchev–Trinajstić information content (AvgIpc) is 2.78. The highest BCUT2D eigenvalue weighted by Crippen LogP contribution is 2.28. The van der Waals surface area contributed by atoms with Gasteiger partial charge >= 0.3 is 0 Å². The summed E-state index contributed by atoms with van der Waals surface area (Å²) >= 11 is 4.28. The molecule has 2 aromatic carbocycles. The summed E-state index contributed by atoms with van der Waals surface area (Å²) in [4.78, 5) is 2.29. The minimum absolute atomic E-state index is 0.214. The molecule has 0 aliphatic heterocycles. The lowest BCUT2D eigenvalue weighted by molar-refractivity contribution is 0.463. The number of aryl methyl sites for hydroxylation is 1. The highest BCUT2D eigenvalue weighted by molar-refractivity contribution is 7.80. The fourth-order valence-corrected chi connectivity index (χ4v) is 2.16. The number of aromatic hydroxyl groups is 1. The molecule has 0 aliphatic rings. The van der Waals surface area contributed by atoms with Crippen LogP contribution in [0.5, 0.6) is 5.75 Å². The Hall–Kier alpha value is -2.01. The first kappa shape index (κ1) is 12.0. The number of phenols is 1. The maximum absolute atomic E-state index is 10.2. The molecular weight excluding hydrogens is 258 g/mol. The van der Waals surface area contributed by atoms with Gasteiger partial charge in [0.15, 0.2) is 0 Å². The van der Waals surface area contributed by atoms with Gasteiger partial charge in [-0.15, -0.1) is 27.6 Å². The normalized spacial score (nSPS) is 11.1. The van der Waals surface area contributed by atoms with Crippen LogP contribution in [0.3, 0.4) is 0 Å². The van der Waals surface area contributed by atoms with E-state index >= 15 is 0 Å². The number of phenolic OH excluding ortho intramolecular Hbond substituents is 1. The Labute approximate surface area is 116 Å². The summed E-state index contributed by atoms with van der Waals surface area (Å²) in [6, 6.07) is 9.34. The Morgan fingerprint density at radius 2 is 1.79 bits per heavy atom. The second-order valence-electron chi connectivity index (χ2n) is 4.54. The molecule has 4 nitrogen and oxygen atoms in total. The van der Waals surface area contributed by atoms with Crippen molar-refractivity contribution in [2.24, 2.45) is 0 Å². The fourth-order valence-electron chi connectivity index (χ4n) is 1.96. The van der Waals surface area contributed by atoms with E-state index in [1.807, 2.05) is 44.2 Å². The maximum atomic E-state index is 10.2. The molecule has 0 unspecified atom stereocenters. The topological polar surface area (TPSA) is 50.9 Å². The quantitative estimate of drug-likeness (QED) is 0.669. The summed E-state index contributed by atoms with van der Waals surface area (Å²) in [5.41, 5.74) is 3.99. The maximum Gasteiger partial charge on any atom is 0.146 e. The molecule has 0 bridgehead atoms. The molecule has 0 saturated carbocycles. The van der Waals surface area contributed by atoms with Crippen molar-refractivity contribution < 1.29 is 5.11 Å². The summed E-state index contributed by atoms with van der Waals surface area (Å²) < 4.78 is 0. The molecule has 19 heavy (non-hydrogen) atoms. The van der Waals surface area contributed by atoms with Gasteiger partial charge in [-0.05, 0) is 49.2 Å². The number of thiol groups is 1. The van der Waals surface area contributed by atoms with E-state index in [4.69, 9.17) is 0 Å². The summed E-state index contributed by atoms with van der Waals surface area (Å²) in [5, 5.41) is 18.9. The van der Waals surface area contributed by atoms with E-state index in [9.17, 15) is 5.11 Å². The first-order chi connectivity index (χ1) is 9.06. The van der Waals surface area contributed by atoms with Crippen LogP contribution in [0.2, 0.25) is 0 Å². The molecule has 3 aromatic rings. The molecule has 96 valence electrons. The molecular formula is C14H13N3OS. The van der Waals surface area contributed by atoms with Gasteiger partial charge in [0.2, 0.25) is 0 Å².